The molecule has 3 atom stereocenters. The van der Waals surface area contributed by atoms with Gasteiger partial charge < -0.3 is 24.3 Å². The lowest BCUT2D eigenvalue weighted by atomic mass is 9.89. The molecular formula is C35H45F2N11O4. The lowest BCUT2D eigenvalue weighted by Gasteiger charge is -2.42. The van der Waals surface area contributed by atoms with E-state index in [0.717, 1.165) is 49.9 Å². The lowest BCUT2D eigenvalue weighted by Crippen LogP contribution is -2.51. The fourth-order valence-corrected chi connectivity index (χ4v) is 6.80. The van der Waals surface area contributed by atoms with Crippen LogP contribution in [-0.4, -0.2) is 109 Å². The molecule has 3 aromatic heterocycles. The maximum atomic E-state index is 12.5. The molecule has 1 saturated carbocycles. The first-order valence-corrected chi connectivity index (χ1v) is 17.7. The quantitative estimate of drug-likeness (QED) is 0.153. The minimum absolute atomic E-state index is 0.154. The summed E-state index contributed by atoms with van der Waals surface area (Å²) >= 11 is 0. The first kappa shape index (κ1) is 37.0. The number of hydrogen-bond donors (Lipinski definition) is 1. The molecule has 52 heavy (non-hydrogen) atoms. The molecule has 0 amide bonds. The van der Waals surface area contributed by atoms with Gasteiger partial charge in [-0.3, -0.25) is 9.58 Å². The standard InChI is InChI=1S/C35H45F2N11O4/c1-23-17-46(18-24(2)51-23)29-7-9-30(10-8-29)48-20-31(34(43-48)50-12-4-11-49-21-33(36)37)42-35-39-15-28(16-40-35)26-5-6-27(14-38)32(13-26)52-25(3)19-47-22-41-44-45-47/h5-6,13,15-16,20,22-25,29-30,33H,4,7-12,17-19,21H2,1-3H3,(H,39,40,42)/t23-,24+,25-,29?,30?/m0/s1. The minimum Gasteiger partial charge on any atom is -0.487 e. The van der Waals surface area contributed by atoms with Gasteiger partial charge in [0.1, 0.15) is 36.5 Å². The number of rotatable bonds is 16. The van der Waals surface area contributed by atoms with Gasteiger partial charge in [-0.05, 0) is 74.6 Å². The summed E-state index contributed by atoms with van der Waals surface area (Å²) in [5.41, 5.74) is 2.50. The van der Waals surface area contributed by atoms with Crippen LogP contribution in [0.4, 0.5) is 20.4 Å². The molecule has 0 unspecified atom stereocenters. The summed E-state index contributed by atoms with van der Waals surface area (Å²) in [4.78, 5) is 11.7. The van der Waals surface area contributed by atoms with Crippen molar-refractivity contribution in [1.29, 1.82) is 5.26 Å². The van der Waals surface area contributed by atoms with E-state index in [4.69, 9.17) is 24.0 Å². The summed E-state index contributed by atoms with van der Waals surface area (Å²) in [6.45, 7) is 8.26. The molecule has 0 bridgehead atoms. The second-order valence-corrected chi connectivity index (χ2v) is 13.4. The zero-order valence-corrected chi connectivity index (χ0v) is 29.6. The number of benzene rings is 1. The highest BCUT2D eigenvalue weighted by Gasteiger charge is 2.32. The third-order valence-electron chi connectivity index (χ3n) is 9.12. The average molecular weight is 722 g/mol. The Morgan fingerprint density at radius 3 is 2.48 bits per heavy atom. The van der Waals surface area contributed by atoms with E-state index in [1.54, 1.807) is 29.2 Å². The number of tetrazole rings is 1. The normalized spacial score (nSPS) is 21.5. The third kappa shape index (κ3) is 9.96. The van der Waals surface area contributed by atoms with Crippen molar-refractivity contribution in [3.63, 3.8) is 0 Å². The molecule has 1 aliphatic heterocycles. The highest BCUT2D eigenvalue weighted by Crippen LogP contribution is 2.35. The molecule has 4 aromatic rings. The molecule has 1 aromatic carbocycles. The number of hydrogen-bond acceptors (Lipinski definition) is 13. The fraction of sp³-hybridized carbons (Fsp3) is 0.571. The first-order valence-electron chi connectivity index (χ1n) is 17.7. The largest absolute Gasteiger partial charge is 0.487 e. The van der Waals surface area contributed by atoms with Crippen molar-refractivity contribution < 1.29 is 27.7 Å². The zero-order chi connectivity index (χ0) is 36.5. The number of morpholine rings is 1. The molecule has 0 spiro atoms. The highest BCUT2D eigenvalue weighted by atomic mass is 19.3. The Kier molecular flexibility index (Phi) is 12.5. The summed E-state index contributed by atoms with van der Waals surface area (Å²) < 4.78 is 51.5. The zero-order valence-electron chi connectivity index (χ0n) is 29.6. The predicted octanol–water partition coefficient (Wildman–Crippen LogP) is 5.05. The van der Waals surface area contributed by atoms with Crippen molar-refractivity contribution in [1.82, 2.24) is 44.9 Å². The molecule has 15 nitrogen and oxygen atoms in total. The summed E-state index contributed by atoms with van der Waals surface area (Å²) in [6.07, 6.45) is 8.97. The van der Waals surface area contributed by atoms with Crippen LogP contribution in [0.5, 0.6) is 11.6 Å². The van der Waals surface area contributed by atoms with Crippen molar-refractivity contribution in [2.45, 2.75) is 96.2 Å². The van der Waals surface area contributed by atoms with E-state index < -0.39 is 13.0 Å². The summed E-state index contributed by atoms with van der Waals surface area (Å²) in [7, 11) is 0. The van der Waals surface area contributed by atoms with E-state index in [0.29, 0.717) is 47.8 Å². The van der Waals surface area contributed by atoms with E-state index >= 15 is 0 Å². The minimum atomic E-state index is -2.51. The summed E-state index contributed by atoms with van der Waals surface area (Å²) in [6, 6.07) is 8.21. The molecule has 1 aliphatic carbocycles. The van der Waals surface area contributed by atoms with Gasteiger partial charge in [0, 0.05) is 43.5 Å². The average Bonchev–Trinajstić information content (AvgIpc) is 3.79. The number of nitrogens with zero attached hydrogens (tertiary/aromatic N) is 10. The van der Waals surface area contributed by atoms with Crippen LogP contribution in [0, 0.1) is 11.3 Å². The topological polar surface area (TPSA) is 163 Å². The van der Waals surface area contributed by atoms with Gasteiger partial charge in [-0.2, -0.15) is 5.26 Å². The fourth-order valence-electron chi connectivity index (χ4n) is 6.80. The number of anilines is 2. The molecule has 278 valence electrons. The highest BCUT2D eigenvalue weighted by molar-refractivity contribution is 5.67. The van der Waals surface area contributed by atoms with Gasteiger partial charge in [-0.15, -0.1) is 10.2 Å². The molecule has 0 radical (unpaired) electrons. The summed E-state index contributed by atoms with van der Waals surface area (Å²) in [5.74, 6) is 1.15. The van der Waals surface area contributed by atoms with Crippen LogP contribution in [0.15, 0.2) is 43.1 Å². The Morgan fingerprint density at radius 1 is 1.04 bits per heavy atom. The van der Waals surface area contributed by atoms with E-state index in [-0.39, 0.29) is 37.6 Å². The Bertz CT molecular complexity index is 1730. The van der Waals surface area contributed by atoms with Gasteiger partial charge in [-0.1, -0.05) is 6.07 Å². The van der Waals surface area contributed by atoms with Gasteiger partial charge >= 0.3 is 0 Å². The van der Waals surface area contributed by atoms with Crippen LogP contribution in [-0.2, 0) is 16.0 Å². The Labute approximate surface area is 301 Å². The Balaban J connectivity index is 1.12. The van der Waals surface area contributed by atoms with Crippen molar-refractivity contribution >= 4 is 11.6 Å². The van der Waals surface area contributed by atoms with Crippen LogP contribution in [0.25, 0.3) is 11.1 Å². The van der Waals surface area contributed by atoms with E-state index in [9.17, 15) is 14.0 Å². The predicted molar refractivity (Wildman–Crippen MR) is 185 cm³/mol. The van der Waals surface area contributed by atoms with Gasteiger partial charge in [0.2, 0.25) is 5.95 Å². The molecule has 2 fully saturated rings. The van der Waals surface area contributed by atoms with Crippen LogP contribution in [0.2, 0.25) is 0 Å². The van der Waals surface area contributed by atoms with Crippen LogP contribution in [0.1, 0.15) is 64.5 Å². The number of alkyl halides is 2. The number of halogens is 2. The van der Waals surface area contributed by atoms with Crippen molar-refractivity contribution in [3.05, 3.63) is 48.7 Å². The molecular weight excluding hydrogens is 676 g/mol. The van der Waals surface area contributed by atoms with Gasteiger partial charge in [0.05, 0.1) is 49.8 Å². The van der Waals surface area contributed by atoms with Crippen molar-refractivity contribution in [2.75, 3.05) is 38.2 Å². The van der Waals surface area contributed by atoms with E-state index in [2.05, 4.69) is 55.6 Å². The Morgan fingerprint density at radius 2 is 1.79 bits per heavy atom. The van der Waals surface area contributed by atoms with E-state index in [1.165, 1.54) is 6.33 Å². The van der Waals surface area contributed by atoms with Crippen LogP contribution in [0.3, 0.4) is 0 Å². The second-order valence-electron chi connectivity index (χ2n) is 13.4. The Hall–Kier alpha value is -4.79. The van der Waals surface area contributed by atoms with Gasteiger partial charge in [0.25, 0.3) is 12.3 Å². The number of aromatic nitrogens is 8. The number of nitriles is 1. The van der Waals surface area contributed by atoms with Gasteiger partial charge in [0.15, 0.2) is 0 Å². The molecule has 1 N–H and O–H groups in total. The lowest BCUT2D eigenvalue weighted by molar-refractivity contribution is -0.0852. The van der Waals surface area contributed by atoms with Crippen molar-refractivity contribution in [3.8, 4) is 28.8 Å². The molecule has 4 heterocycles. The van der Waals surface area contributed by atoms with Crippen LogP contribution < -0.4 is 14.8 Å². The maximum Gasteiger partial charge on any atom is 0.261 e. The smallest absolute Gasteiger partial charge is 0.261 e. The molecule has 17 heteroatoms. The van der Waals surface area contributed by atoms with Gasteiger partial charge in [-0.25, -0.2) is 23.4 Å². The third-order valence-corrected chi connectivity index (χ3v) is 9.12. The van der Waals surface area contributed by atoms with Crippen LogP contribution >= 0.6 is 0 Å². The number of ether oxygens (including phenoxy) is 4. The molecule has 2 aliphatic rings. The number of nitrogens with one attached hydrogen (secondary N) is 1. The SMILES string of the molecule is C[C@@H]1CN(C2CCC(n3cc(Nc4ncc(-c5ccc(C#N)c(O[C@@H](C)Cn6cnnn6)c5)cn4)c(OCCCOCC(F)F)n3)CC2)C[C@H](C)O1. The molecule has 1 saturated heterocycles. The van der Waals surface area contributed by atoms with E-state index in [1.807, 2.05) is 23.9 Å². The first-order chi connectivity index (χ1) is 25.2. The monoisotopic (exact) mass is 721 g/mol. The summed E-state index contributed by atoms with van der Waals surface area (Å²) in [5, 5.41) is 28.9. The maximum absolute atomic E-state index is 12.5. The van der Waals surface area contributed by atoms with Crippen molar-refractivity contribution in [2.24, 2.45) is 0 Å². The molecule has 6 rings (SSSR count). The second kappa shape index (κ2) is 17.6.